The summed E-state index contributed by atoms with van der Waals surface area (Å²) >= 11 is 0. The van der Waals surface area contributed by atoms with Crippen molar-refractivity contribution >= 4 is 34.9 Å². The SMILES string of the molecule is O=C(Oc1ccccc1)N(C(=O)Oc1ccccc1)c1cc(Oc2ccc3c(ccn3C(=O)NC3CC3)c2)ccn1. The molecule has 1 fully saturated rings. The quantitative estimate of drug-likeness (QED) is 0.250. The van der Waals surface area contributed by atoms with Crippen molar-refractivity contribution in [3.8, 4) is 23.0 Å². The van der Waals surface area contributed by atoms with E-state index in [0.717, 1.165) is 23.7 Å². The van der Waals surface area contributed by atoms with Crippen molar-refractivity contribution in [1.82, 2.24) is 14.9 Å². The molecule has 6 rings (SSSR count). The average molecular weight is 549 g/mol. The topological polar surface area (TPSA) is 112 Å². The van der Waals surface area contributed by atoms with Gasteiger partial charge in [0.25, 0.3) is 0 Å². The number of carbonyl (C=O) groups excluding carboxylic acids is 3. The van der Waals surface area contributed by atoms with Crippen molar-refractivity contribution < 1.29 is 28.6 Å². The first kappa shape index (κ1) is 25.6. The van der Waals surface area contributed by atoms with Gasteiger partial charge >= 0.3 is 18.2 Å². The Morgan fingerprint density at radius 2 is 1.39 bits per heavy atom. The summed E-state index contributed by atoms with van der Waals surface area (Å²) in [5.74, 6) is 1.22. The van der Waals surface area contributed by atoms with Gasteiger partial charge in [0.2, 0.25) is 0 Å². The number of rotatable bonds is 6. The molecule has 10 nitrogen and oxygen atoms in total. The number of amides is 3. The second kappa shape index (κ2) is 11.2. The molecule has 1 aliphatic carbocycles. The lowest BCUT2D eigenvalue weighted by molar-refractivity contribution is 0.190. The molecule has 204 valence electrons. The summed E-state index contributed by atoms with van der Waals surface area (Å²) in [7, 11) is 0. The number of fused-ring (bicyclic) bond motifs is 1. The molecule has 0 spiro atoms. The van der Waals surface area contributed by atoms with Crippen molar-refractivity contribution in [2.24, 2.45) is 0 Å². The second-order valence-electron chi connectivity index (χ2n) is 9.28. The Hall–Kier alpha value is -5.64. The van der Waals surface area contributed by atoms with E-state index in [1.54, 1.807) is 95.7 Å². The van der Waals surface area contributed by atoms with E-state index >= 15 is 0 Å². The first-order valence-corrected chi connectivity index (χ1v) is 12.9. The van der Waals surface area contributed by atoms with Gasteiger partial charge in [0, 0.05) is 29.9 Å². The smallest absolute Gasteiger partial charge is 0.430 e. The lowest BCUT2D eigenvalue weighted by Crippen LogP contribution is -2.41. The van der Waals surface area contributed by atoms with E-state index in [4.69, 9.17) is 14.2 Å². The molecule has 3 aromatic carbocycles. The molecule has 0 aliphatic heterocycles. The molecular weight excluding hydrogens is 524 g/mol. The summed E-state index contributed by atoms with van der Waals surface area (Å²) < 4.78 is 18.4. The number of anilines is 1. The molecule has 2 heterocycles. The number of nitrogens with one attached hydrogen (secondary N) is 1. The van der Waals surface area contributed by atoms with E-state index in [2.05, 4.69) is 10.3 Å². The van der Waals surface area contributed by atoms with Crippen molar-refractivity contribution in [1.29, 1.82) is 0 Å². The molecule has 3 amide bonds. The maximum atomic E-state index is 13.2. The third-order valence-electron chi connectivity index (χ3n) is 6.23. The molecule has 5 aromatic rings. The van der Waals surface area contributed by atoms with E-state index < -0.39 is 12.2 Å². The molecule has 0 saturated heterocycles. The van der Waals surface area contributed by atoms with Crippen LogP contribution in [0, 0.1) is 0 Å². The lowest BCUT2D eigenvalue weighted by Gasteiger charge is -2.19. The van der Waals surface area contributed by atoms with Gasteiger partial charge in [0.15, 0.2) is 5.82 Å². The Labute approximate surface area is 234 Å². The van der Waals surface area contributed by atoms with Gasteiger partial charge in [-0.15, -0.1) is 0 Å². The molecule has 10 heteroatoms. The zero-order valence-electron chi connectivity index (χ0n) is 21.7. The van der Waals surface area contributed by atoms with Crippen LogP contribution in [-0.4, -0.2) is 33.8 Å². The van der Waals surface area contributed by atoms with Crippen LogP contribution in [0.2, 0.25) is 0 Å². The maximum Gasteiger partial charge on any atom is 0.430 e. The molecule has 1 aliphatic rings. The molecule has 2 aromatic heterocycles. The number of ether oxygens (including phenoxy) is 3. The van der Waals surface area contributed by atoms with Crippen molar-refractivity contribution in [3.63, 3.8) is 0 Å². The van der Waals surface area contributed by atoms with Crippen LogP contribution < -0.4 is 24.4 Å². The molecular formula is C31H24N4O6. The summed E-state index contributed by atoms with van der Waals surface area (Å²) in [5.41, 5.74) is 0.740. The van der Waals surface area contributed by atoms with Gasteiger partial charge in [-0.1, -0.05) is 36.4 Å². The molecule has 1 saturated carbocycles. The van der Waals surface area contributed by atoms with Gasteiger partial charge in [-0.25, -0.2) is 19.4 Å². The minimum Gasteiger partial charge on any atom is -0.457 e. The first-order valence-electron chi connectivity index (χ1n) is 12.9. The minimum atomic E-state index is -1.01. The van der Waals surface area contributed by atoms with Gasteiger partial charge < -0.3 is 19.5 Å². The van der Waals surface area contributed by atoms with E-state index in [1.165, 1.54) is 12.3 Å². The largest absolute Gasteiger partial charge is 0.457 e. The summed E-state index contributed by atoms with van der Waals surface area (Å²) in [6.45, 7) is 0. The standard InChI is InChI=1S/C31H24N4O6/c36-29(33-22-11-12-22)34-18-16-21-19-25(13-14-27(21)34)39-26-15-17-32-28(20-26)35(30(37)40-23-7-3-1-4-8-23)31(38)41-24-9-5-2-6-10-24/h1-10,13-20,22H,11-12H2,(H,33,36). The van der Waals surface area contributed by atoms with Crippen LogP contribution in [0.1, 0.15) is 12.8 Å². The molecule has 0 radical (unpaired) electrons. The highest BCUT2D eigenvalue weighted by molar-refractivity contribution is 6.09. The van der Waals surface area contributed by atoms with Crippen molar-refractivity contribution in [2.75, 3.05) is 4.90 Å². The van der Waals surface area contributed by atoms with Crippen LogP contribution >= 0.6 is 0 Å². The fourth-order valence-corrected chi connectivity index (χ4v) is 4.09. The third-order valence-corrected chi connectivity index (χ3v) is 6.23. The number of benzene rings is 3. The van der Waals surface area contributed by atoms with Gasteiger partial charge in [-0.3, -0.25) is 4.57 Å². The molecule has 0 unspecified atom stereocenters. The maximum absolute atomic E-state index is 13.2. The Bertz CT molecular complexity index is 1660. The number of pyridine rings is 1. The summed E-state index contributed by atoms with van der Waals surface area (Å²) in [4.78, 5) is 43.8. The zero-order chi connectivity index (χ0) is 28.2. The Balaban J connectivity index is 1.25. The van der Waals surface area contributed by atoms with Crippen molar-refractivity contribution in [2.45, 2.75) is 18.9 Å². The lowest BCUT2D eigenvalue weighted by atomic mass is 10.2. The van der Waals surface area contributed by atoms with Crippen LogP contribution in [-0.2, 0) is 0 Å². The number of aromatic nitrogens is 2. The first-order chi connectivity index (χ1) is 20.0. The van der Waals surface area contributed by atoms with Gasteiger partial charge in [0.1, 0.15) is 23.0 Å². The van der Waals surface area contributed by atoms with Crippen LogP contribution in [0.5, 0.6) is 23.0 Å². The molecule has 1 N–H and O–H groups in total. The third kappa shape index (κ3) is 6.01. The highest BCUT2D eigenvalue weighted by Crippen LogP contribution is 2.29. The zero-order valence-corrected chi connectivity index (χ0v) is 21.7. The predicted octanol–water partition coefficient (Wildman–Crippen LogP) is 6.75. The van der Waals surface area contributed by atoms with Crippen molar-refractivity contribution in [3.05, 3.63) is 109 Å². The van der Waals surface area contributed by atoms with Crippen LogP contribution in [0.15, 0.2) is 109 Å². The summed E-state index contributed by atoms with van der Waals surface area (Å²) in [6, 6.07) is 26.9. The Morgan fingerprint density at radius 3 is 2.02 bits per heavy atom. The Kier molecular flexibility index (Phi) is 7.02. The number of nitrogens with zero attached hydrogens (tertiary/aromatic N) is 3. The van der Waals surface area contributed by atoms with Crippen LogP contribution in [0.25, 0.3) is 10.9 Å². The van der Waals surface area contributed by atoms with E-state index in [-0.39, 0.29) is 29.4 Å². The summed E-state index contributed by atoms with van der Waals surface area (Å²) in [5, 5.41) is 3.78. The van der Waals surface area contributed by atoms with Crippen LogP contribution in [0.4, 0.5) is 20.2 Å². The fourth-order valence-electron chi connectivity index (χ4n) is 4.09. The predicted molar refractivity (Wildman–Crippen MR) is 151 cm³/mol. The van der Waals surface area contributed by atoms with Gasteiger partial charge in [-0.05, 0) is 67.4 Å². The van der Waals surface area contributed by atoms with Gasteiger partial charge in [-0.2, -0.15) is 4.90 Å². The average Bonchev–Trinajstić information content (AvgIpc) is 3.69. The fraction of sp³-hybridized carbons (Fsp3) is 0.0968. The number of hydrogen-bond donors (Lipinski definition) is 1. The number of imide groups is 1. The van der Waals surface area contributed by atoms with E-state index in [9.17, 15) is 14.4 Å². The highest BCUT2D eigenvalue weighted by Gasteiger charge is 2.30. The monoisotopic (exact) mass is 548 g/mol. The summed E-state index contributed by atoms with van der Waals surface area (Å²) in [6.07, 6.45) is 3.11. The van der Waals surface area contributed by atoms with Gasteiger partial charge in [0.05, 0.1) is 5.52 Å². The second-order valence-corrected chi connectivity index (χ2v) is 9.28. The Morgan fingerprint density at radius 1 is 0.756 bits per heavy atom. The number of hydrogen-bond acceptors (Lipinski definition) is 7. The number of para-hydroxylation sites is 2. The normalized spacial score (nSPS) is 12.4. The number of carbonyl (C=O) groups is 3. The molecule has 41 heavy (non-hydrogen) atoms. The van der Waals surface area contributed by atoms with Crippen LogP contribution in [0.3, 0.4) is 0 Å². The molecule has 0 atom stereocenters. The van der Waals surface area contributed by atoms with E-state index in [1.807, 2.05) is 6.07 Å². The molecule has 0 bridgehead atoms. The minimum absolute atomic E-state index is 0.0617. The van der Waals surface area contributed by atoms with E-state index in [0.29, 0.717) is 16.4 Å². The highest BCUT2D eigenvalue weighted by atomic mass is 16.6.